The van der Waals surface area contributed by atoms with Crippen LogP contribution in [0.3, 0.4) is 0 Å². The smallest absolute Gasteiger partial charge is 0.343 e. The minimum Gasteiger partial charge on any atom is -0.461 e. The van der Waals surface area contributed by atoms with E-state index in [0.717, 1.165) is 44.3 Å². The molecule has 1 aliphatic rings. The van der Waals surface area contributed by atoms with E-state index >= 15 is 0 Å². The zero-order chi connectivity index (χ0) is 20.0. The number of nitrogens with zero attached hydrogens (tertiary/aromatic N) is 2. The Balaban J connectivity index is 1.74. The van der Waals surface area contributed by atoms with Crippen molar-refractivity contribution in [1.29, 1.82) is 0 Å². The van der Waals surface area contributed by atoms with Gasteiger partial charge in [0, 0.05) is 24.2 Å². The van der Waals surface area contributed by atoms with Gasteiger partial charge in [-0.1, -0.05) is 69.9 Å². The summed E-state index contributed by atoms with van der Waals surface area (Å²) < 4.78 is 7.63. The Morgan fingerprint density at radius 1 is 1.21 bits per heavy atom. The van der Waals surface area contributed by atoms with E-state index < -0.39 is 11.6 Å². The highest BCUT2D eigenvalue weighted by atomic mass is 16.5. The molecule has 1 unspecified atom stereocenters. The fraction of sp³-hybridized carbons (Fsp3) is 0.565. The van der Waals surface area contributed by atoms with Crippen LogP contribution in [0.15, 0.2) is 42.7 Å². The highest BCUT2D eigenvalue weighted by Crippen LogP contribution is 2.39. The zero-order valence-electron chi connectivity index (χ0n) is 17.0. The Morgan fingerprint density at radius 2 is 1.89 bits per heavy atom. The molecule has 1 fully saturated rings. The number of aromatic nitrogens is 2. The van der Waals surface area contributed by atoms with Crippen LogP contribution in [0.4, 0.5) is 0 Å². The highest BCUT2D eigenvalue weighted by Gasteiger charge is 2.46. The normalized spacial score (nSPS) is 17.9. The van der Waals surface area contributed by atoms with Crippen LogP contribution >= 0.6 is 0 Å². The molecule has 152 valence electrons. The highest BCUT2D eigenvalue weighted by molar-refractivity contribution is 5.81. The van der Waals surface area contributed by atoms with E-state index in [9.17, 15) is 9.90 Å². The molecule has 28 heavy (non-hydrogen) atoms. The fourth-order valence-corrected chi connectivity index (χ4v) is 4.27. The van der Waals surface area contributed by atoms with Crippen molar-refractivity contribution in [2.24, 2.45) is 5.92 Å². The number of ether oxygens (including phenoxy) is 1. The van der Waals surface area contributed by atoms with Crippen molar-refractivity contribution in [3.05, 3.63) is 54.1 Å². The van der Waals surface area contributed by atoms with Crippen molar-refractivity contribution in [2.75, 3.05) is 6.61 Å². The molecule has 0 saturated heterocycles. The molecule has 2 aromatic rings. The molecule has 5 heteroatoms. The Bertz CT molecular complexity index is 748. The first kappa shape index (κ1) is 20.6. The topological polar surface area (TPSA) is 64.4 Å². The van der Waals surface area contributed by atoms with Crippen LogP contribution in [0.2, 0.25) is 0 Å². The maximum Gasteiger partial charge on any atom is 0.343 e. The average Bonchev–Trinajstić information content (AvgIpc) is 3.00. The molecule has 1 aromatic carbocycles. The summed E-state index contributed by atoms with van der Waals surface area (Å²) in [5.74, 6) is 0.636. The molecule has 0 amide bonds. The molecule has 0 bridgehead atoms. The summed E-state index contributed by atoms with van der Waals surface area (Å²) in [6.45, 7) is 4.93. The summed E-state index contributed by atoms with van der Waals surface area (Å²) in [5.41, 5.74) is -0.945. The van der Waals surface area contributed by atoms with Crippen LogP contribution in [0.1, 0.15) is 69.7 Å². The number of carbonyl (C=O) groups is 1. The standard InChI is InChI=1S/C23H32N2O3/c1-18(2)21-24-14-15-25(21)16-17-28-22(26)23(27,20-12-8-5-9-13-20)19-10-6-3-4-7-11-19/h5,8-9,12-15,18-19,27H,3-4,6-7,10-11,16-17H2,1-2H3. The average molecular weight is 385 g/mol. The predicted octanol–water partition coefficient (Wildman–Crippen LogP) is 4.41. The predicted molar refractivity (Wildman–Crippen MR) is 109 cm³/mol. The maximum atomic E-state index is 13.1. The largest absolute Gasteiger partial charge is 0.461 e. The second-order valence-electron chi connectivity index (χ2n) is 8.09. The van der Waals surface area contributed by atoms with Crippen LogP contribution in [-0.4, -0.2) is 27.2 Å². The van der Waals surface area contributed by atoms with Gasteiger partial charge in [0.1, 0.15) is 12.4 Å². The summed E-state index contributed by atoms with van der Waals surface area (Å²) in [5, 5.41) is 11.6. The second-order valence-corrected chi connectivity index (χ2v) is 8.09. The number of rotatable bonds is 7. The first-order chi connectivity index (χ1) is 13.5. The molecule has 1 heterocycles. The van der Waals surface area contributed by atoms with Gasteiger partial charge >= 0.3 is 5.97 Å². The Morgan fingerprint density at radius 3 is 2.54 bits per heavy atom. The molecular weight excluding hydrogens is 352 g/mol. The number of hydrogen-bond donors (Lipinski definition) is 1. The first-order valence-electron chi connectivity index (χ1n) is 10.5. The van der Waals surface area contributed by atoms with Crippen molar-refractivity contribution in [3.8, 4) is 0 Å². The number of esters is 1. The van der Waals surface area contributed by atoms with Crippen LogP contribution in [-0.2, 0) is 21.7 Å². The zero-order valence-corrected chi connectivity index (χ0v) is 17.0. The quantitative estimate of drug-likeness (QED) is 0.567. The van der Waals surface area contributed by atoms with Gasteiger partial charge in [-0.15, -0.1) is 0 Å². The summed E-state index contributed by atoms with van der Waals surface area (Å²) in [6.07, 6.45) is 9.77. The first-order valence-corrected chi connectivity index (χ1v) is 10.5. The number of aliphatic hydroxyl groups is 1. The van der Waals surface area contributed by atoms with Gasteiger partial charge in [0.25, 0.3) is 0 Å². The van der Waals surface area contributed by atoms with Crippen LogP contribution in [0.25, 0.3) is 0 Å². The molecule has 1 aromatic heterocycles. The molecule has 0 radical (unpaired) electrons. The Hall–Kier alpha value is -2.14. The molecule has 1 saturated carbocycles. The molecule has 5 nitrogen and oxygen atoms in total. The fourth-order valence-electron chi connectivity index (χ4n) is 4.27. The molecule has 1 aliphatic carbocycles. The van der Waals surface area contributed by atoms with Crippen molar-refractivity contribution < 1.29 is 14.6 Å². The van der Waals surface area contributed by atoms with E-state index in [1.807, 2.05) is 41.1 Å². The van der Waals surface area contributed by atoms with Gasteiger partial charge in [-0.3, -0.25) is 0 Å². The van der Waals surface area contributed by atoms with Gasteiger partial charge in [0.05, 0.1) is 6.54 Å². The van der Waals surface area contributed by atoms with Crippen molar-refractivity contribution >= 4 is 5.97 Å². The lowest BCUT2D eigenvalue weighted by Gasteiger charge is -2.34. The second kappa shape index (κ2) is 9.37. The third-order valence-electron chi connectivity index (χ3n) is 5.80. The molecule has 1 atom stereocenters. The number of carbonyl (C=O) groups excluding carboxylic acids is 1. The van der Waals surface area contributed by atoms with Crippen molar-refractivity contribution in [2.45, 2.75) is 70.4 Å². The molecule has 3 rings (SSSR count). The molecule has 0 aliphatic heterocycles. The lowest BCUT2D eigenvalue weighted by atomic mass is 9.77. The number of hydrogen-bond acceptors (Lipinski definition) is 4. The van der Waals surface area contributed by atoms with Gasteiger partial charge in [0.15, 0.2) is 5.60 Å². The summed E-state index contributed by atoms with van der Waals surface area (Å²) >= 11 is 0. The maximum absolute atomic E-state index is 13.1. The van der Waals surface area contributed by atoms with E-state index in [4.69, 9.17) is 4.74 Å². The SMILES string of the molecule is CC(C)c1nccn1CCOC(=O)C(O)(c1ccccc1)C1CCCCCC1. The van der Waals surface area contributed by atoms with E-state index in [0.29, 0.717) is 18.0 Å². The minimum absolute atomic E-state index is 0.107. The lowest BCUT2D eigenvalue weighted by molar-refractivity contribution is -0.175. The van der Waals surface area contributed by atoms with Gasteiger partial charge in [-0.05, 0) is 18.4 Å². The van der Waals surface area contributed by atoms with E-state index in [-0.39, 0.29) is 12.5 Å². The van der Waals surface area contributed by atoms with Gasteiger partial charge < -0.3 is 14.4 Å². The van der Waals surface area contributed by atoms with Gasteiger partial charge in [-0.25, -0.2) is 9.78 Å². The third-order valence-corrected chi connectivity index (χ3v) is 5.80. The van der Waals surface area contributed by atoms with Crippen LogP contribution in [0, 0.1) is 5.92 Å². The monoisotopic (exact) mass is 384 g/mol. The summed E-state index contributed by atoms with van der Waals surface area (Å²) in [6, 6.07) is 9.29. The minimum atomic E-state index is -1.58. The molecule has 1 N–H and O–H groups in total. The van der Waals surface area contributed by atoms with Gasteiger partial charge in [0.2, 0.25) is 0 Å². The van der Waals surface area contributed by atoms with Crippen molar-refractivity contribution in [1.82, 2.24) is 9.55 Å². The summed E-state index contributed by atoms with van der Waals surface area (Å²) in [4.78, 5) is 17.5. The number of benzene rings is 1. The van der Waals surface area contributed by atoms with Crippen LogP contribution in [0.5, 0.6) is 0 Å². The van der Waals surface area contributed by atoms with E-state index in [2.05, 4.69) is 18.8 Å². The summed E-state index contributed by atoms with van der Waals surface area (Å²) in [7, 11) is 0. The third kappa shape index (κ3) is 4.46. The Labute approximate surface area is 167 Å². The van der Waals surface area contributed by atoms with Crippen LogP contribution < -0.4 is 0 Å². The Kier molecular flexibility index (Phi) is 6.89. The molecular formula is C23H32N2O3. The van der Waals surface area contributed by atoms with E-state index in [1.54, 1.807) is 6.20 Å². The van der Waals surface area contributed by atoms with Gasteiger partial charge in [-0.2, -0.15) is 0 Å². The van der Waals surface area contributed by atoms with Crippen molar-refractivity contribution in [3.63, 3.8) is 0 Å². The number of imidazole rings is 1. The molecule has 0 spiro atoms. The lowest BCUT2D eigenvalue weighted by Crippen LogP contribution is -2.44. The van der Waals surface area contributed by atoms with E-state index in [1.165, 1.54) is 0 Å².